The fourth-order valence-electron chi connectivity index (χ4n) is 3.22. The number of nitrogens with zero attached hydrogens (tertiary/aromatic N) is 3. The molecule has 29 heavy (non-hydrogen) atoms. The van der Waals surface area contributed by atoms with Gasteiger partial charge in [0.1, 0.15) is 5.82 Å². The van der Waals surface area contributed by atoms with Gasteiger partial charge in [-0.2, -0.15) is 13.2 Å². The molecule has 1 aliphatic carbocycles. The zero-order valence-corrected chi connectivity index (χ0v) is 15.3. The number of nitrogens with one attached hydrogen (secondary N) is 2. The van der Waals surface area contributed by atoms with Crippen molar-refractivity contribution < 1.29 is 27.2 Å². The van der Waals surface area contributed by atoms with Gasteiger partial charge in [0.2, 0.25) is 5.91 Å². The molecule has 1 aliphatic rings. The van der Waals surface area contributed by atoms with Gasteiger partial charge in [0.15, 0.2) is 11.4 Å². The molecule has 3 rings (SSSR count). The maximum absolute atomic E-state index is 13.5. The molecule has 1 fully saturated rings. The number of hydrogen-bond donors (Lipinski definition) is 2. The molecule has 0 atom stereocenters. The Morgan fingerprint density at radius 1 is 1.10 bits per heavy atom. The predicted octanol–water partition coefficient (Wildman–Crippen LogP) is 2.60. The van der Waals surface area contributed by atoms with Crippen molar-refractivity contribution in [1.29, 1.82) is 0 Å². The van der Waals surface area contributed by atoms with E-state index in [1.165, 1.54) is 0 Å². The van der Waals surface area contributed by atoms with Crippen LogP contribution in [-0.2, 0) is 11.0 Å². The highest BCUT2D eigenvalue weighted by Gasteiger charge is 2.42. The summed E-state index contributed by atoms with van der Waals surface area (Å²) in [5, 5.41) is 11.6. The number of benzene rings is 1. The van der Waals surface area contributed by atoms with Crippen molar-refractivity contribution in [2.24, 2.45) is 0 Å². The molecule has 1 aromatic carbocycles. The lowest BCUT2D eigenvalue weighted by Gasteiger charge is -2.22. The molecule has 0 saturated heterocycles. The van der Waals surface area contributed by atoms with Gasteiger partial charge >= 0.3 is 6.18 Å². The van der Waals surface area contributed by atoms with Gasteiger partial charge in [-0.1, -0.05) is 24.5 Å². The summed E-state index contributed by atoms with van der Waals surface area (Å²) in [5.41, 5.74) is -2.48. The van der Waals surface area contributed by atoms with Crippen LogP contribution in [0.15, 0.2) is 24.3 Å². The van der Waals surface area contributed by atoms with E-state index in [-0.39, 0.29) is 11.7 Å². The zero-order valence-electron chi connectivity index (χ0n) is 15.3. The van der Waals surface area contributed by atoms with Gasteiger partial charge in [-0.3, -0.25) is 9.59 Å². The summed E-state index contributed by atoms with van der Waals surface area (Å²) in [7, 11) is 0. The maximum Gasteiger partial charge on any atom is 0.435 e. The highest BCUT2D eigenvalue weighted by atomic mass is 19.4. The van der Waals surface area contributed by atoms with E-state index in [0.717, 1.165) is 56.4 Å². The minimum atomic E-state index is -4.95. The molecule has 0 unspecified atom stereocenters. The molecule has 2 N–H and O–H groups in total. The average molecular weight is 413 g/mol. The van der Waals surface area contributed by atoms with E-state index in [0.29, 0.717) is 4.68 Å². The molecular formula is C18H19F4N5O2. The maximum atomic E-state index is 13.5. The molecule has 2 amide bonds. The minimum absolute atomic E-state index is 0.0123. The molecule has 7 nitrogen and oxygen atoms in total. The topological polar surface area (TPSA) is 88.9 Å². The molecule has 0 aliphatic heterocycles. The second kappa shape index (κ2) is 8.58. The SMILES string of the molecule is O=C(CNC(=O)c1nnn(-c2ccc(F)cc2)c1C(F)(F)F)NC1CCCCC1. The summed E-state index contributed by atoms with van der Waals surface area (Å²) in [5.74, 6) is -2.29. The molecule has 1 saturated carbocycles. The summed E-state index contributed by atoms with van der Waals surface area (Å²) in [4.78, 5) is 24.2. The summed E-state index contributed by atoms with van der Waals surface area (Å²) in [6.45, 7) is -0.476. The molecule has 2 aromatic rings. The highest BCUT2D eigenvalue weighted by molar-refractivity contribution is 5.96. The van der Waals surface area contributed by atoms with E-state index in [1.807, 2.05) is 0 Å². The third-order valence-electron chi connectivity index (χ3n) is 4.60. The monoisotopic (exact) mass is 413 g/mol. The van der Waals surface area contributed by atoms with Crippen molar-refractivity contribution in [1.82, 2.24) is 25.6 Å². The zero-order chi connectivity index (χ0) is 21.0. The van der Waals surface area contributed by atoms with E-state index >= 15 is 0 Å². The van der Waals surface area contributed by atoms with Gasteiger partial charge in [0, 0.05) is 6.04 Å². The Bertz CT molecular complexity index is 873. The van der Waals surface area contributed by atoms with E-state index < -0.39 is 41.7 Å². The summed E-state index contributed by atoms with van der Waals surface area (Å²) in [6, 6.07) is 4.11. The first-order valence-electron chi connectivity index (χ1n) is 9.12. The van der Waals surface area contributed by atoms with Crippen LogP contribution in [0.25, 0.3) is 5.69 Å². The Balaban J connectivity index is 1.73. The number of hydrogen-bond acceptors (Lipinski definition) is 4. The molecular weight excluding hydrogens is 394 g/mol. The predicted molar refractivity (Wildman–Crippen MR) is 93.7 cm³/mol. The smallest absolute Gasteiger partial charge is 0.352 e. The van der Waals surface area contributed by atoms with Crippen LogP contribution in [-0.4, -0.2) is 39.4 Å². The normalized spacial score (nSPS) is 15.2. The summed E-state index contributed by atoms with van der Waals surface area (Å²) >= 11 is 0. The van der Waals surface area contributed by atoms with Crippen LogP contribution in [0.1, 0.15) is 48.3 Å². The van der Waals surface area contributed by atoms with E-state index in [1.54, 1.807) is 0 Å². The fraction of sp³-hybridized carbons (Fsp3) is 0.444. The van der Waals surface area contributed by atoms with E-state index in [2.05, 4.69) is 20.9 Å². The first-order chi connectivity index (χ1) is 13.8. The molecule has 0 spiro atoms. The Morgan fingerprint density at radius 3 is 2.38 bits per heavy atom. The van der Waals surface area contributed by atoms with Gasteiger partial charge in [0.25, 0.3) is 5.91 Å². The second-order valence-electron chi connectivity index (χ2n) is 6.76. The number of rotatable bonds is 5. The summed E-state index contributed by atoms with van der Waals surface area (Å²) in [6.07, 6.45) is -0.173. The van der Waals surface area contributed by atoms with Crippen LogP contribution in [0.5, 0.6) is 0 Å². The Hall–Kier alpha value is -2.98. The van der Waals surface area contributed by atoms with Crippen LogP contribution in [0.2, 0.25) is 0 Å². The summed E-state index contributed by atoms with van der Waals surface area (Å²) < 4.78 is 54.1. The first-order valence-corrected chi connectivity index (χ1v) is 9.12. The van der Waals surface area contributed by atoms with Gasteiger partial charge in [-0.25, -0.2) is 9.07 Å². The number of aromatic nitrogens is 3. The molecule has 1 heterocycles. The largest absolute Gasteiger partial charge is 0.435 e. The molecule has 156 valence electrons. The van der Waals surface area contributed by atoms with E-state index in [9.17, 15) is 27.2 Å². The minimum Gasteiger partial charge on any atom is -0.352 e. The van der Waals surface area contributed by atoms with Crippen LogP contribution in [0.4, 0.5) is 17.6 Å². The average Bonchev–Trinajstić information content (AvgIpc) is 3.13. The van der Waals surface area contributed by atoms with Crippen molar-refractivity contribution in [2.45, 2.75) is 44.3 Å². The molecule has 0 bridgehead atoms. The van der Waals surface area contributed by atoms with Crippen molar-refractivity contribution >= 4 is 11.8 Å². The third-order valence-corrected chi connectivity index (χ3v) is 4.60. The lowest BCUT2D eigenvalue weighted by atomic mass is 9.95. The second-order valence-corrected chi connectivity index (χ2v) is 6.76. The quantitative estimate of drug-likeness (QED) is 0.738. The standard InChI is InChI=1S/C18H19F4N5O2/c19-11-6-8-13(9-7-11)27-16(18(20,21)22)15(25-26-27)17(29)23-10-14(28)24-12-4-2-1-3-5-12/h6-9,12H,1-5,10H2,(H,23,29)(H,24,28). The third kappa shape index (κ3) is 5.09. The Kier molecular flexibility index (Phi) is 6.14. The van der Waals surface area contributed by atoms with Crippen molar-refractivity contribution in [3.63, 3.8) is 0 Å². The highest BCUT2D eigenvalue weighted by Crippen LogP contribution is 2.32. The Morgan fingerprint density at radius 2 is 1.76 bits per heavy atom. The van der Waals surface area contributed by atoms with Gasteiger partial charge in [0.05, 0.1) is 12.2 Å². The lowest BCUT2D eigenvalue weighted by molar-refractivity contribution is -0.143. The number of amides is 2. The fourth-order valence-corrected chi connectivity index (χ4v) is 3.22. The number of halogens is 4. The van der Waals surface area contributed by atoms with Crippen LogP contribution in [0.3, 0.4) is 0 Å². The van der Waals surface area contributed by atoms with Gasteiger partial charge < -0.3 is 10.6 Å². The Labute approximate surface area is 163 Å². The van der Waals surface area contributed by atoms with Gasteiger partial charge in [-0.15, -0.1) is 5.10 Å². The number of carbonyl (C=O) groups excluding carboxylic acids is 2. The number of alkyl halides is 3. The van der Waals surface area contributed by atoms with Crippen molar-refractivity contribution in [3.8, 4) is 5.69 Å². The molecule has 0 radical (unpaired) electrons. The van der Waals surface area contributed by atoms with Crippen molar-refractivity contribution in [3.05, 3.63) is 41.5 Å². The van der Waals surface area contributed by atoms with Crippen molar-refractivity contribution in [2.75, 3.05) is 6.54 Å². The van der Waals surface area contributed by atoms with Gasteiger partial charge in [-0.05, 0) is 37.1 Å². The van der Waals surface area contributed by atoms with Crippen LogP contribution >= 0.6 is 0 Å². The number of carbonyl (C=O) groups is 2. The van der Waals surface area contributed by atoms with Crippen LogP contribution in [0, 0.1) is 5.82 Å². The molecule has 11 heteroatoms. The van der Waals surface area contributed by atoms with Crippen LogP contribution < -0.4 is 10.6 Å². The van der Waals surface area contributed by atoms with E-state index in [4.69, 9.17) is 0 Å². The lowest BCUT2D eigenvalue weighted by Crippen LogP contribution is -2.43. The molecule has 1 aromatic heterocycles. The first kappa shape index (κ1) is 20.7.